The van der Waals surface area contributed by atoms with E-state index in [4.69, 9.17) is 4.42 Å². The average molecular weight is 863 g/mol. The quantitative estimate of drug-likeness (QED) is 0.165. The van der Waals surface area contributed by atoms with Crippen molar-refractivity contribution in [3.8, 4) is 0 Å². The van der Waals surface area contributed by atoms with Gasteiger partial charge < -0.3 is 14.2 Å². The van der Waals surface area contributed by atoms with Crippen LogP contribution in [0.25, 0.3) is 37.6 Å². The number of rotatable bonds is 3. The van der Waals surface area contributed by atoms with Crippen LogP contribution >= 0.6 is 11.3 Å². The first-order valence-electron chi connectivity index (χ1n) is 23.4. The lowest BCUT2D eigenvalue weighted by atomic mass is 9.33. The van der Waals surface area contributed by atoms with Crippen molar-refractivity contribution < 1.29 is 4.42 Å². The molecule has 2 aliphatic heterocycles. The van der Waals surface area contributed by atoms with E-state index in [2.05, 4.69) is 218 Å². The van der Waals surface area contributed by atoms with Crippen LogP contribution < -0.4 is 26.2 Å². The molecule has 5 heteroatoms. The normalized spacial score (nSPS) is 14.7. The van der Waals surface area contributed by atoms with Gasteiger partial charge in [-0.25, -0.2) is 0 Å². The fourth-order valence-electron chi connectivity index (χ4n) is 10.8. The molecule has 1 aliphatic carbocycles. The summed E-state index contributed by atoms with van der Waals surface area (Å²) in [7, 11) is 0. The standard InChI is InChI=1S/C60H55BN2OS/c1-58(2,3)37-24-30-49-48(31-37)61-47-29-23-38(59(4,5)6)32-50(47)63(41-27-28-44-43-15-10-12-19-53(43)64-54(44)35-41)52-34-39(60(7,8)9)33-51(56(52)61)62(49)40-25-21-36(22-26-40)42-17-14-18-46-45-16-11-13-20-55(45)65-57(42)46/h10-13,15-17,19-35H,14,18H2,1-9H3. The SMILES string of the molecule is CC(C)(C)c1ccc2c(c1)B1c3ccc(C(C)(C)C)cc3N(c3ccc4c(c3)oc3ccccc34)c3cc(C(C)(C)C)cc(c31)N2c1ccc(C2=CCCc3c2sc2ccccc32)cc1. The Morgan fingerprint density at radius 3 is 1.86 bits per heavy atom. The van der Waals surface area contributed by atoms with Crippen LogP contribution in [0.4, 0.5) is 34.1 Å². The Labute approximate surface area is 388 Å². The van der Waals surface area contributed by atoms with Crippen molar-refractivity contribution in [3.63, 3.8) is 0 Å². The third-order valence-corrected chi connectivity index (χ3v) is 15.7. The molecule has 0 fully saturated rings. The minimum absolute atomic E-state index is 0.0239. The summed E-state index contributed by atoms with van der Waals surface area (Å²) in [6, 6.07) is 53.3. The molecule has 0 bridgehead atoms. The Kier molecular flexibility index (Phi) is 8.73. The first kappa shape index (κ1) is 40.2. The summed E-state index contributed by atoms with van der Waals surface area (Å²) in [5.74, 6) is 0. The van der Waals surface area contributed by atoms with E-state index in [9.17, 15) is 0 Å². The summed E-state index contributed by atoms with van der Waals surface area (Å²) < 4.78 is 7.99. The Bertz CT molecular complexity index is 3460. The summed E-state index contributed by atoms with van der Waals surface area (Å²) in [5.41, 5.74) is 21.0. The zero-order valence-corrected chi connectivity index (χ0v) is 39.9. The van der Waals surface area contributed by atoms with Crippen molar-refractivity contribution in [1.82, 2.24) is 0 Å². The highest BCUT2D eigenvalue weighted by Gasteiger charge is 2.45. The minimum Gasteiger partial charge on any atom is -0.456 e. The molecular formula is C60H55BN2OS. The molecule has 4 heterocycles. The molecule has 0 N–H and O–H groups in total. The van der Waals surface area contributed by atoms with Crippen LogP contribution in [0.5, 0.6) is 0 Å². The lowest BCUT2D eigenvalue weighted by molar-refractivity contribution is 0.589. The van der Waals surface area contributed by atoms with Gasteiger partial charge in [0.15, 0.2) is 0 Å². The van der Waals surface area contributed by atoms with Crippen LogP contribution in [0, 0.1) is 0 Å². The third kappa shape index (κ3) is 6.29. The molecule has 7 aromatic carbocycles. The van der Waals surface area contributed by atoms with Crippen LogP contribution in [0.1, 0.15) is 101 Å². The molecule has 0 spiro atoms. The van der Waals surface area contributed by atoms with Crippen LogP contribution in [0.3, 0.4) is 0 Å². The topological polar surface area (TPSA) is 19.6 Å². The largest absolute Gasteiger partial charge is 0.456 e. The monoisotopic (exact) mass is 862 g/mol. The van der Waals surface area contributed by atoms with E-state index in [1.807, 2.05) is 11.3 Å². The van der Waals surface area contributed by atoms with E-state index in [0.717, 1.165) is 40.5 Å². The predicted octanol–water partition coefficient (Wildman–Crippen LogP) is 15.2. The molecule has 0 unspecified atom stereocenters. The second-order valence-corrected chi connectivity index (χ2v) is 22.8. The Balaban J connectivity index is 1.11. The van der Waals surface area contributed by atoms with Gasteiger partial charge in [-0.3, -0.25) is 0 Å². The number of anilines is 6. The Morgan fingerprint density at radius 1 is 0.508 bits per heavy atom. The lowest BCUT2D eigenvalue weighted by Crippen LogP contribution is -2.61. The van der Waals surface area contributed by atoms with Gasteiger partial charge in [0, 0.05) is 60.5 Å². The number of thiophene rings is 1. The maximum absolute atomic E-state index is 6.61. The molecule has 12 rings (SSSR count). The smallest absolute Gasteiger partial charge is 0.252 e. The van der Waals surface area contributed by atoms with Crippen LogP contribution in [0.15, 0.2) is 150 Å². The molecule has 0 atom stereocenters. The van der Waals surface area contributed by atoms with E-state index in [1.54, 1.807) is 0 Å². The summed E-state index contributed by atoms with van der Waals surface area (Å²) in [6.07, 6.45) is 4.62. The molecular weight excluding hydrogens is 808 g/mol. The fourth-order valence-corrected chi connectivity index (χ4v) is 12.1. The second kappa shape index (κ2) is 14.1. The molecule has 2 aromatic heterocycles. The second-order valence-electron chi connectivity index (χ2n) is 21.7. The number of nitrogens with zero attached hydrogens (tertiary/aromatic N) is 2. The third-order valence-electron chi connectivity index (χ3n) is 14.4. The number of hydrogen-bond acceptors (Lipinski definition) is 4. The summed E-state index contributed by atoms with van der Waals surface area (Å²) in [5, 5.41) is 3.70. The predicted molar refractivity (Wildman–Crippen MR) is 281 cm³/mol. The van der Waals surface area contributed by atoms with E-state index in [1.165, 1.54) is 93.2 Å². The van der Waals surface area contributed by atoms with Gasteiger partial charge in [0.2, 0.25) is 0 Å². The van der Waals surface area contributed by atoms with E-state index >= 15 is 0 Å². The number of furan rings is 1. The van der Waals surface area contributed by atoms with Crippen LogP contribution in [0.2, 0.25) is 0 Å². The highest BCUT2D eigenvalue weighted by molar-refractivity contribution is 7.20. The lowest BCUT2D eigenvalue weighted by Gasteiger charge is -2.45. The number of allylic oxidation sites excluding steroid dienone is 1. The van der Waals surface area contributed by atoms with Gasteiger partial charge in [-0.15, -0.1) is 11.3 Å². The number of aryl methyl sites for hydroxylation is 1. The van der Waals surface area contributed by atoms with Gasteiger partial charge >= 0.3 is 0 Å². The van der Waals surface area contributed by atoms with Gasteiger partial charge in [0.25, 0.3) is 6.71 Å². The molecule has 0 radical (unpaired) electrons. The van der Waals surface area contributed by atoms with E-state index < -0.39 is 0 Å². The van der Waals surface area contributed by atoms with Gasteiger partial charge in [-0.1, -0.05) is 141 Å². The molecule has 0 saturated carbocycles. The Morgan fingerprint density at radius 2 is 1.12 bits per heavy atom. The van der Waals surface area contributed by atoms with Crippen molar-refractivity contribution in [2.75, 3.05) is 9.80 Å². The van der Waals surface area contributed by atoms with Crippen molar-refractivity contribution in [2.24, 2.45) is 0 Å². The zero-order valence-electron chi connectivity index (χ0n) is 39.1. The van der Waals surface area contributed by atoms with Crippen molar-refractivity contribution >= 4 is 106 Å². The maximum Gasteiger partial charge on any atom is 0.252 e. The molecule has 65 heavy (non-hydrogen) atoms. The number of para-hydroxylation sites is 1. The average Bonchev–Trinajstić information content (AvgIpc) is 3.86. The van der Waals surface area contributed by atoms with Crippen molar-refractivity contribution in [2.45, 2.75) is 91.4 Å². The van der Waals surface area contributed by atoms with E-state index in [-0.39, 0.29) is 23.0 Å². The number of fused-ring (bicyclic) bond motifs is 10. The molecule has 320 valence electrons. The van der Waals surface area contributed by atoms with Crippen LogP contribution in [-0.2, 0) is 22.7 Å². The molecule has 9 aromatic rings. The summed E-state index contributed by atoms with van der Waals surface area (Å²) in [4.78, 5) is 6.55. The van der Waals surface area contributed by atoms with Gasteiger partial charge in [-0.05, 0) is 145 Å². The van der Waals surface area contributed by atoms with Gasteiger partial charge in [0.05, 0.1) is 0 Å². The number of hydrogen-bond donors (Lipinski definition) is 0. The van der Waals surface area contributed by atoms with Gasteiger partial charge in [0.1, 0.15) is 11.2 Å². The number of benzene rings is 7. The van der Waals surface area contributed by atoms with Gasteiger partial charge in [-0.2, -0.15) is 0 Å². The first-order chi connectivity index (χ1) is 31.1. The molecule has 0 amide bonds. The highest BCUT2D eigenvalue weighted by Crippen LogP contribution is 2.49. The molecule has 3 nitrogen and oxygen atoms in total. The van der Waals surface area contributed by atoms with E-state index in [0.29, 0.717) is 0 Å². The zero-order chi connectivity index (χ0) is 44.7. The summed E-state index contributed by atoms with van der Waals surface area (Å²) >= 11 is 1.94. The maximum atomic E-state index is 6.61. The Hall–Kier alpha value is -6.30. The fraction of sp³-hybridized carbons (Fsp3) is 0.233. The summed E-state index contributed by atoms with van der Waals surface area (Å²) in [6.45, 7) is 21.1. The molecule has 3 aliphatic rings. The highest BCUT2D eigenvalue weighted by atomic mass is 32.1. The minimum atomic E-state index is -0.121. The first-order valence-corrected chi connectivity index (χ1v) is 24.2. The van der Waals surface area contributed by atoms with Crippen LogP contribution in [-0.4, -0.2) is 6.71 Å². The molecule has 0 saturated heterocycles. The van der Waals surface area contributed by atoms with Crippen molar-refractivity contribution in [1.29, 1.82) is 0 Å². The van der Waals surface area contributed by atoms with Crippen molar-refractivity contribution in [3.05, 3.63) is 178 Å².